The molecule has 0 atom stereocenters. The predicted molar refractivity (Wildman–Crippen MR) is 73.5 cm³/mol. The summed E-state index contributed by atoms with van der Waals surface area (Å²) < 4.78 is 42.1. The summed E-state index contributed by atoms with van der Waals surface area (Å²) >= 11 is 17.7. The normalized spacial score (nSPS) is 10.9. The summed E-state index contributed by atoms with van der Waals surface area (Å²) in [6, 6.07) is 6.29. The number of ether oxygens (including phenoxy) is 1. The third kappa shape index (κ3) is 3.14. The van der Waals surface area contributed by atoms with Gasteiger partial charge in [0.25, 0.3) is 0 Å². The Kier molecular flexibility index (Phi) is 4.68. The number of alkyl halides is 2. The first-order valence-electron chi connectivity index (χ1n) is 5.28. The molecule has 20 heavy (non-hydrogen) atoms. The smallest absolute Gasteiger partial charge is 0.387 e. The summed E-state index contributed by atoms with van der Waals surface area (Å²) in [5.41, 5.74) is 0.414. The first-order valence-corrected chi connectivity index (χ1v) is 6.41. The fourth-order valence-electron chi connectivity index (χ4n) is 1.62. The van der Waals surface area contributed by atoms with Crippen molar-refractivity contribution in [2.24, 2.45) is 0 Å². The van der Waals surface area contributed by atoms with Gasteiger partial charge >= 0.3 is 6.61 Å². The van der Waals surface area contributed by atoms with Crippen LogP contribution in [0, 0.1) is 5.82 Å². The minimum atomic E-state index is -3.02. The molecule has 0 radical (unpaired) electrons. The first-order chi connectivity index (χ1) is 9.40. The molecular weight excluding hydrogens is 335 g/mol. The van der Waals surface area contributed by atoms with Crippen molar-refractivity contribution in [1.82, 2.24) is 0 Å². The molecule has 2 aromatic carbocycles. The van der Waals surface area contributed by atoms with Crippen molar-refractivity contribution in [3.05, 3.63) is 51.2 Å². The summed E-state index contributed by atoms with van der Waals surface area (Å²) in [6.45, 7) is -3.02. The van der Waals surface area contributed by atoms with Gasteiger partial charge < -0.3 is 4.74 Å². The average Bonchev–Trinajstić information content (AvgIpc) is 2.37. The first kappa shape index (κ1) is 15.3. The van der Waals surface area contributed by atoms with Gasteiger partial charge in [0.15, 0.2) is 0 Å². The van der Waals surface area contributed by atoms with Crippen LogP contribution in [0.4, 0.5) is 13.2 Å². The molecule has 0 saturated heterocycles. The lowest BCUT2D eigenvalue weighted by molar-refractivity contribution is -0.0499. The van der Waals surface area contributed by atoms with Crippen molar-refractivity contribution in [2.75, 3.05) is 0 Å². The van der Waals surface area contributed by atoms with Crippen molar-refractivity contribution in [2.45, 2.75) is 6.61 Å². The van der Waals surface area contributed by atoms with E-state index in [0.29, 0.717) is 5.56 Å². The molecule has 106 valence electrons. The molecule has 0 unspecified atom stereocenters. The molecular formula is C13H6Cl3F3O. The maximum atomic E-state index is 13.9. The molecule has 0 heterocycles. The average molecular weight is 342 g/mol. The van der Waals surface area contributed by atoms with E-state index in [2.05, 4.69) is 4.74 Å². The topological polar surface area (TPSA) is 9.23 Å². The zero-order chi connectivity index (χ0) is 14.9. The van der Waals surface area contributed by atoms with Gasteiger partial charge in [0, 0.05) is 17.2 Å². The Hall–Kier alpha value is -1.10. The fraction of sp³-hybridized carbons (Fsp3) is 0.0769. The van der Waals surface area contributed by atoms with E-state index in [1.807, 2.05) is 0 Å². The highest BCUT2D eigenvalue weighted by Crippen LogP contribution is 2.39. The van der Waals surface area contributed by atoms with Gasteiger partial charge in [-0.3, -0.25) is 0 Å². The largest absolute Gasteiger partial charge is 0.435 e. The van der Waals surface area contributed by atoms with Crippen LogP contribution in [0.3, 0.4) is 0 Å². The van der Waals surface area contributed by atoms with E-state index in [-0.39, 0.29) is 26.4 Å². The third-order valence-electron chi connectivity index (χ3n) is 2.49. The Bertz CT molecular complexity index is 647. The number of halogens is 6. The summed E-state index contributed by atoms with van der Waals surface area (Å²) in [5.74, 6) is -1.04. The van der Waals surface area contributed by atoms with E-state index in [1.165, 1.54) is 24.3 Å². The molecule has 2 rings (SSSR count). The van der Waals surface area contributed by atoms with E-state index in [4.69, 9.17) is 34.8 Å². The minimum absolute atomic E-state index is 0.0839. The lowest BCUT2D eigenvalue weighted by atomic mass is 10.0. The van der Waals surface area contributed by atoms with E-state index >= 15 is 0 Å². The van der Waals surface area contributed by atoms with Crippen LogP contribution in [0.1, 0.15) is 0 Å². The van der Waals surface area contributed by atoms with Gasteiger partial charge in [0.05, 0.1) is 15.1 Å². The van der Waals surface area contributed by atoms with Gasteiger partial charge in [-0.1, -0.05) is 40.9 Å². The van der Waals surface area contributed by atoms with Crippen molar-refractivity contribution in [3.8, 4) is 16.9 Å². The lowest BCUT2D eigenvalue weighted by Crippen LogP contribution is -2.02. The van der Waals surface area contributed by atoms with Gasteiger partial charge in [-0.15, -0.1) is 0 Å². The molecule has 0 aromatic heterocycles. The second kappa shape index (κ2) is 6.12. The van der Waals surface area contributed by atoms with Crippen LogP contribution in [0.25, 0.3) is 11.1 Å². The quantitative estimate of drug-likeness (QED) is 0.617. The molecule has 0 bridgehead atoms. The van der Waals surface area contributed by atoms with E-state index < -0.39 is 12.4 Å². The standard InChI is InChI=1S/C13H6Cl3F3O/c14-9-4-3-8(11(15)12(9)16)7-2-1-6(5-10(7)17)20-13(18)19/h1-5,13H. The van der Waals surface area contributed by atoms with Crippen LogP contribution < -0.4 is 4.74 Å². The zero-order valence-electron chi connectivity index (χ0n) is 9.64. The highest BCUT2D eigenvalue weighted by atomic mass is 35.5. The number of hydrogen-bond acceptors (Lipinski definition) is 1. The summed E-state index contributed by atoms with van der Waals surface area (Å²) in [6.07, 6.45) is 0. The molecule has 0 saturated carbocycles. The van der Waals surface area contributed by atoms with Gasteiger partial charge in [-0.25, -0.2) is 4.39 Å². The monoisotopic (exact) mass is 340 g/mol. The van der Waals surface area contributed by atoms with E-state index in [9.17, 15) is 13.2 Å². The fourth-order valence-corrected chi connectivity index (χ4v) is 2.26. The van der Waals surface area contributed by atoms with Gasteiger partial charge in [0.1, 0.15) is 11.6 Å². The zero-order valence-corrected chi connectivity index (χ0v) is 11.9. The second-order valence-electron chi connectivity index (χ2n) is 3.74. The maximum absolute atomic E-state index is 13.9. The Balaban J connectivity index is 2.46. The van der Waals surface area contributed by atoms with Crippen LogP contribution >= 0.6 is 34.8 Å². The molecule has 0 fully saturated rings. The summed E-state index contributed by atoms with van der Waals surface area (Å²) in [4.78, 5) is 0. The summed E-state index contributed by atoms with van der Waals surface area (Å²) in [7, 11) is 0. The molecule has 0 spiro atoms. The van der Waals surface area contributed by atoms with Gasteiger partial charge in [0.2, 0.25) is 0 Å². The Morgan fingerprint density at radius 3 is 2.15 bits per heavy atom. The molecule has 0 aliphatic rings. The highest BCUT2D eigenvalue weighted by Gasteiger charge is 2.15. The molecule has 1 nitrogen and oxygen atoms in total. The Morgan fingerprint density at radius 2 is 1.55 bits per heavy atom. The molecule has 7 heteroatoms. The number of hydrogen-bond donors (Lipinski definition) is 0. The SMILES string of the molecule is Fc1cc(OC(F)F)ccc1-c1ccc(Cl)c(Cl)c1Cl. The van der Waals surface area contributed by atoms with Gasteiger partial charge in [-0.05, 0) is 18.2 Å². The van der Waals surface area contributed by atoms with Crippen molar-refractivity contribution >= 4 is 34.8 Å². The van der Waals surface area contributed by atoms with Gasteiger partial charge in [-0.2, -0.15) is 8.78 Å². The van der Waals surface area contributed by atoms with E-state index in [1.54, 1.807) is 0 Å². The summed E-state index contributed by atoms with van der Waals surface area (Å²) in [5, 5.41) is 0.414. The van der Waals surface area contributed by atoms with Crippen LogP contribution in [0.5, 0.6) is 5.75 Å². The van der Waals surface area contributed by atoms with Crippen molar-refractivity contribution < 1.29 is 17.9 Å². The van der Waals surface area contributed by atoms with Crippen molar-refractivity contribution in [3.63, 3.8) is 0 Å². The maximum Gasteiger partial charge on any atom is 0.387 e. The van der Waals surface area contributed by atoms with Crippen LogP contribution in [0.15, 0.2) is 30.3 Å². The van der Waals surface area contributed by atoms with Crippen molar-refractivity contribution in [1.29, 1.82) is 0 Å². The van der Waals surface area contributed by atoms with Crippen LogP contribution in [0.2, 0.25) is 15.1 Å². The van der Waals surface area contributed by atoms with Crippen LogP contribution in [-0.2, 0) is 0 Å². The molecule has 0 N–H and O–H groups in total. The Morgan fingerprint density at radius 1 is 0.900 bits per heavy atom. The number of rotatable bonds is 3. The molecule has 0 aliphatic heterocycles. The minimum Gasteiger partial charge on any atom is -0.435 e. The molecule has 0 amide bonds. The number of benzene rings is 2. The predicted octanol–water partition coefficient (Wildman–Crippen LogP) is 6.05. The molecule has 0 aliphatic carbocycles. The Labute approximate surface area is 127 Å². The molecule has 2 aromatic rings. The lowest BCUT2D eigenvalue weighted by Gasteiger charge is -2.10. The van der Waals surface area contributed by atoms with Crippen LogP contribution in [-0.4, -0.2) is 6.61 Å². The van der Waals surface area contributed by atoms with E-state index in [0.717, 1.165) is 6.07 Å². The third-order valence-corrected chi connectivity index (χ3v) is 3.78. The highest BCUT2D eigenvalue weighted by molar-refractivity contribution is 6.49. The second-order valence-corrected chi connectivity index (χ2v) is 4.91.